The van der Waals surface area contributed by atoms with E-state index in [1.165, 1.54) is 12.4 Å². The fourth-order valence-electron chi connectivity index (χ4n) is 2.93. The van der Waals surface area contributed by atoms with Crippen molar-refractivity contribution in [3.63, 3.8) is 0 Å². The Balaban J connectivity index is 1.79. The Bertz CT molecular complexity index is 773. The molecule has 0 saturated carbocycles. The zero-order chi connectivity index (χ0) is 17.1. The zero-order valence-corrected chi connectivity index (χ0v) is 14.2. The molecule has 1 saturated heterocycles. The van der Waals surface area contributed by atoms with Gasteiger partial charge in [-0.25, -0.2) is 9.97 Å². The Morgan fingerprint density at radius 1 is 1.42 bits per heavy atom. The standard InChI is InChI=1S/C17H19ClN4O2/c1-3-16(23)22-6-4-11(5-7-22)21-14-8-12-13(9-15(14)24-2)19-10-20-17(12)18/h3,8-11,21H,1,4-7H2,2H3. The molecule has 0 unspecified atom stereocenters. The minimum absolute atomic E-state index is 0.0133. The second-order valence-electron chi connectivity index (χ2n) is 5.68. The van der Waals surface area contributed by atoms with Crippen LogP contribution in [-0.4, -0.2) is 47.0 Å². The quantitative estimate of drug-likeness (QED) is 0.681. The van der Waals surface area contributed by atoms with E-state index in [1.807, 2.05) is 17.0 Å². The second-order valence-corrected chi connectivity index (χ2v) is 6.04. The van der Waals surface area contributed by atoms with E-state index in [2.05, 4.69) is 21.9 Å². The molecule has 1 aliphatic heterocycles. The molecule has 0 bridgehead atoms. The van der Waals surface area contributed by atoms with Gasteiger partial charge in [0, 0.05) is 30.6 Å². The summed E-state index contributed by atoms with van der Waals surface area (Å²) in [5.74, 6) is 0.697. The molecule has 1 fully saturated rings. The van der Waals surface area contributed by atoms with Gasteiger partial charge in [-0.2, -0.15) is 0 Å². The number of piperidine rings is 1. The molecule has 1 aliphatic rings. The number of aromatic nitrogens is 2. The second kappa shape index (κ2) is 7.05. The van der Waals surface area contributed by atoms with Crippen LogP contribution in [-0.2, 0) is 4.79 Å². The fourth-order valence-corrected chi connectivity index (χ4v) is 3.12. The summed E-state index contributed by atoms with van der Waals surface area (Å²) in [5, 5.41) is 4.69. The van der Waals surface area contributed by atoms with E-state index in [4.69, 9.17) is 16.3 Å². The number of ether oxygens (including phenoxy) is 1. The minimum atomic E-state index is -0.0133. The summed E-state index contributed by atoms with van der Waals surface area (Å²) in [6.07, 6.45) is 4.52. The third-order valence-corrected chi connectivity index (χ3v) is 4.55. The highest BCUT2D eigenvalue weighted by Gasteiger charge is 2.22. The predicted octanol–water partition coefficient (Wildman–Crippen LogP) is 2.88. The number of carbonyl (C=O) groups is 1. The van der Waals surface area contributed by atoms with Crippen LogP contribution < -0.4 is 10.1 Å². The number of halogens is 1. The first-order valence-corrected chi connectivity index (χ1v) is 8.16. The van der Waals surface area contributed by atoms with Crippen LogP contribution in [0.25, 0.3) is 10.9 Å². The van der Waals surface area contributed by atoms with Crippen LogP contribution in [0.15, 0.2) is 31.1 Å². The van der Waals surface area contributed by atoms with E-state index < -0.39 is 0 Å². The van der Waals surface area contributed by atoms with Gasteiger partial charge < -0.3 is 15.0 Å². The number of anilines is 1. The average molecular weight is 347 g/mol. The van der Waals surface area contributed by atoms with Crippen molar-refractivity contribution < 1.29 is 9.53 Å². The van der Waals surface area contributed by atoms with E-state index in [-0.39, 0.29) is 11.9 Å². The van der Waals surface area contributed by atoms with Crippen molar-refractivity contribution in [1.82, 2.24) is 14.9 Å². The Kier molecular flexibility index (Phi) is 4.85. The predicted molar refractivity (Wildman–Crippen MR) is 94.5 cm³/mol. The van der Waals surface area contributed by atoms with E-state index in [1.54, 1.807) is 7.11 Å². The lowest BCUT2D eigenvalue weighted by Gasteiger charge is -2.32. The Labute approximate surface area is 145 Å². The lowest BCUT2D eigenvalue weighted by molar-refractivity contribution is -0.126. The summed E-state index contributed by atoms with van der Waals surface area (Å²) in [6.45, 7) is 4.96. The largest absolute Gasteiger partial charge is 0.495 e. The van der Waals surface area contributed by atoms with Crippen molar-refractivity contribution in [1.29, 1.82) is 0 Å². The van der Waals surface area contributed by atoms with Gasteiger partial charge in [-0.1, -0.05) is 18.2 Å². The molecular weight excluding hydrogens is 328 g/mol. The van der Waals surface area contributed by atoms with Gasteiger partial charge in [0.05, 0.1) is 18.3 Å². The number of rotatable bonds is 4. The van der Waals surface area contributed by atoms with Crippen LogP contribution in [0.2, 0.25) is 5.15 Å². The number of hydrogen-bond donors (Lipinski definition) is 1. The summed E-state index contributed by atoms with van der Waals surface area (Å²) < 4.78 is 5.47. The molecule has 126 valence electrons. The maximum absolute atomic E-state index is 11.7. The molecule has 2 aromatic rings. The van der Waals surface area contributed by atoms with Gasteiger partial charge in [-0.3, -0.25) is 4.79 Å². The number of nitrogens with zero attached hydrogens (tertiary/aromatic N) is 3. The monoisotopic (exact) mass is 346 g/mol. The topological polar surface area (TPSA) is 67.4 Å². The van der Waals surface area contributed by atoms with Crippen LogP contribution in [0.3, 0.4) is 0 Å². The van der Waals surface area contributed by atoms with Crippen molar-refractivity contribution in [3.8, 4) is 5.75 Å². The first-order valence-electron chi connectivity index (χ1n) is 7.78. The first-order chi connectivity index (χ1) is 11.6. The summed E-state index contributed by atoms with van der Waals surface area (Å²) in [5.41, 5.74) is 1.60. The van der Waals surface area contributed by atoms with Crippen LogP contribution in [0.5, 0.6) is 5.75 Å². The molecule has 6 nitrogen and oxygen atoms in total. The Morgan fingerprint density at radius 3 is 2.83 bits per heavy atom. The van der Waals surface area contributed by atoms with E-state index in [0.29, 0.717) is 24.0 Å². The van der Waals surface area contributed by atoms with Crippen LogP contribution >= 0.6 is 11.6 Å². The number of benzene rings is 1. The maximum Gasteiger partial charge on any atom is 0.245 e. The number of likely N-dealkylation sites (tertiary alicyclic amines) is 1. The molecular formula is C17H19ClN4O2. The van der Waals surface area contributed by atoms with Crippen molar-refractivity contribution in [2.45, 2.75) is 18.9 Å². The Morgan fingerprint density at radius 2 is 2.17 bits per heavy atom. The van der Waals surface area contributed by atoms with Gasteiger partial charge in [-0.15, -0.1) is 0 Å². The van der Waals surface area contributed by atoms with Gasteiger partial charge in [-0.05, 0) is 25.0 Å². The Hall–Kier alpha value is -2.34. The lowest BCUT2D eigenvalue weighted by atomic mass is 10.0. The molecule has 2 heterocycles. The summed E-state index contributed by atoms with van der Waals surface area (Å²) in [4.78, 5) is 21.7. The molecule has 7 heteroatoms. The number of hydrogen-bond acceptors (Lipinski definition) is 5. The summed E-state index contributed by atoms with van der Waals surface area (Å²) in [7, 11) is 1.63. The normalized spacial score (nSPS) is 15.3. The first kappa shape index (κ1) is 16.5. The average Bonchev–Trinajstić information content (AvgIpc) is 2.62. The molecule has 0 radical (unpaired) electrons. The number of fused-ring (bicyclic) bond motifs is 1. The van der Waals surface area contributed by atoms with Crippen molar-refractivity contribution in [2.75, 3.05) is 25.5 Å². The minimum Gasteiger partial charge on any atom is -0.495 e. The molecule has 1 amide bonds. The van der Waals surface area contributed by atoms with Gasteiger partial charge in [0.15, 0.2) is 0 Å². The molecule has 1 aromatic carbocycles. The van der Waals surface area contributed by atoms with E-state index in [9.17, 15) is 4.79 Å². The SMILES string of the molecule is C=CC(=O)N1CCC(Nc2cc3c(Cl)ncnc3cc2OC)CC1. The number of amides is 1. The number of carbonyl (C=O) groups excluding carboxylic acids is 1. The maximum atomic E-state index is 11.7. The highest BCUT2D eigenvalue weighted by molar-refractivity contribution is 6.34. The molecule has 0 aliphatic carbocycles. The lowest BCUT2D eigenvalue weighted by Crippen LogP contribution is -2.41. The van der Waals surface area contributed by atoms with Crippen molar-refractivity contribution in [2.24, 2.45) is 0 Å². The number of nitrogens with one attached hydrogen (secondary N) is 1. The smallest absolute Gasteiger partial charge is 0.245 e. The van der Waals surface area contributed by atoms with E-state index >= 15 is 0 Å². The van der Waals surface area contributed by atoms with E-state index in [0.717, 1.165) is 29.4 Å². The molecule has 3 rings (SSSR count). The van der Waals surface area contributed by atoms with Crippen LogP contribution in [0.4, 0.5) is 5.69 Å². The van der Waals surface area contributed by atoms with Gasteiger partial charge in [0.25, 0.3) is 0 Å². The third kappa shape index (κ3) is 3.28. The van der Waals surface area contributed by atoms with Gasteiger partial charge in [0.2, 0.25) is 5.91 Å². The van der Waals surface area contributed by atoms with Crippen LogP contribution in [0, 0.1) is 0 Å². The van der Waals surface area contributed by atoms with Gasteiger partial charge in [0.1, 0.15) is 17.2 Å². The van der Waals surface area contributed by atoms with Crippen molar-refractivity contribution in [3.05, 3.63) is 36.3 Å². The molecule has 0 atom stereocenters. The van der Waals surface area contributed by atoms with Crippen molar-refractivity contribution >= 4 is 34.1 Å². The third-order valence-electron chi connectivity index (χ3n) is 4.25. The molecule has 1 N–H and O–H groups in total. The fraction of sp³-hybridized carbons (Fsp3) is 0.353. The highest BCUT2D eigenvalue weighted by Crippen LogP contribution is 2.33. The zero-order valence-electron chi connectivity index (χ0n) is 13.5. The molecule has 24 heavy (non-hydrogen) atoms. The van der Waals surface area contributed by atoms with Crippen LogP contribution in [0.1, 0.15) is 12.8 Å². The number of methoxy groups -OCH3 is 1. The van der Waals surface area contributed by atoms with Gasteiger partial charge >= 0.3 is 0 Å². The summed E-state index contributed by atoms with van der Waals surface area (Å²) in [6, 6.07) is 4.02. The highest BCUT2D eigenvalue weighted by atomic mass is 35.5. The molecule has 0 spiro atoms. The summed E-state index contributed by atoms with van der Waals surface area (Å²) >= 11 is 6.16. The molecule has 1 aromatic heterocycles.